The van der Waals surface area contributed by atoms with Gasteiger partial charge in [0.1, 0.15) is 10.6 Å². The fourth-order valence-corrected chi connectivity index (χ4v) is 5.34. The Morgan fingerprint density at radius 2 is 1.83 bits per heavy atom. The van der Waals surface area contributed by atoms with E-state index in [9.17, 15) is 14.3 Å². The largest absolute Gasteiger partial charge is 0.480 e. The van der Waals surface area contributed by atoms with E-state index in [0.717, 1.165) is 28.9 Å². The van der Waals surface area contributed by atoms with Crippen LogP contribution in [0.5, 0.6) is 0 Å². The summed E-state index contributed by atoms with van der Waals surface area (Å²) in [5.74, 6) is -0.624. The number of carboxylic acids is 1. The summed E-state index contributed by atoms with van der Waals surface area (Å²) in [6, 6.07) is 6.14. The summed E-state index contributed by atoms with van der Waals surface area (Å²) in [6.07, 6.45) is 8.12. The Bertz CT molecular complexity index is 1290. The molecule has 8 nitrogen and oxygen atoms in total. The van der Waals surface area contributed by atoms with Crippen molar-refractivity contribution in [1.82, 2.24) is 24.7 Å². The Morgan fingerprint density at radius 3 is 2.47 bits per heavy atom. The van der Waals surface area contributed by atoms with Crippen LogP contribution in [0.1, 0.15) is 37.6 Å². The maximum absolute atomic E-state index is 13.3. The minimum absolute atomic E-state index is 0. The van der Waals surface area contributed by atoms with Crippen LogP contribution < -0.4 is 4.90 Å². The molecule has 0 fully saturated rings. The van der Waals surface area contributed by atoms with Gasteiger partial charge in [-0.05, 0) is 50.1 Å². The summed E-state index contributed by atoms with van der Waals surface area (Å²) < 4.78 is 14.7. The van der Waals surface area contributed by atoms with Crippen LogP contribution in [-0.2, 0) is 24.3 Å². The molecule has 0 atom stereocenters. The molecule has 0 unspecified atom stereocenters. The topological polar surface area (TPSA) is 97.0 Å². The van der Waals surface area contributed by atoms with Crippen LogP contribution in [0.15, 0.2) is 58.8 Å². The van der Waals surface area contributed by atoms with E-state index >= 15 is 0 Å². The van der Waals surface area contributed by atoms with Crippen LogP contribution in [0.4, 0.5) is 10.3 Å². The van der Waals surface area contributed by atoms with Gasteiger partial charge in [0.15, 0.2) is 4.34 Å². The van der Waals surface area contributed by atoms with Gasteiger partial charge in [0.05, 0.1) is 24.1 Å². The summed E-state index contributed by atoms with van der Waals surface area (Å²) in [6.45, 7) is 6.29. The molecule has 0 saturated carbocycles. The molecule has 0 amide bonds. The molecule has 0 aliphatic heterocycles. The standard InChI is InChI=1S/C24H25FN6O2S2.ClH/c1-4-16-9-26-22(27-10-16)30(14-19-15-34-23(29-19)35-24(2,3)21(32)33)12-17-11-28-31(13-17)20-7-5-18(25)6-8-20;/h5-11,13,15H,4,12,14H2,1-3H3,(H,32,33);1H. The third kappa shape index (κ3) is 6.80. The molecule has 0 spiro atoms. The molecule has 3 heterocycles. The molecule has 1 N–H and O–H groups in total. The molecular formula is C24H26ClFN6O2S2. The van der Waals surface area contributed by atoms with Gasteiger partial charge in [-0.2, -0.15) is 5.10 Å². The third-order valence-corrected chi connectivity index (χ3v) is 7.40. The van der Waals surface area contributed by atoms with E-state index in [-0.39, 0.29) is 18.2 Å². The van der Waals surface area contributed by atoms with E-state index in [1.54, 1.807) is 36.9 Å². The number of halogens is 2. The van der Waals surface area contributed by atoms with Gasteiger partial charge in [0.25, 0.3) is 0 Å². The van der Waals surface area contributed by atoms with Crippen LogP contribution in [0, 0.1) is 5.82 Å². The van der Waals surface area contributed by atoms with E-state index in [0.29, 0.717) is 23.4 Å². The number of nitrogens with zero attached hydrogens (tertiary/aromatic N) is 6. The zero-order chi connectivity index (χ0) is 25.0. The number of aryl methyl sites for hydroxylation is 1. The van der Waals surface area contributed by atoms with Crippen molar-refractivity contribution < 1.29 is 14.3 Å². The van der Waals surface area contributed by atoms with Crippen LogP contribution in [0.25, 0.3) is 5.69 Å². The summed E-state index contributed by atoms with van der Waals surface area (Å²) in [5.41, 5.74) is 3.53. The number of rotatable bonds is 10. The average molecular weight is 549 g/mol. The van der Waals surface area contributed by atoms with Gasteiger partial charge in [-0.25, -0.2) is 24.0 Å². The van der Waals surface area contributed by atoms with E-state index in [4.69, 9.17) is 0 Å². The first-order chi connectivity index (χ1) is 16.7. The number of benzene rings is 1. The molecule has 0 bridgehead atoms. The van der Waals surface area contributed by atoms with Gasteiger partial charge < -0.3 is 10.0 Å². The van der Waals surface area contributed by atoms with Gasteiger partial charge in [0, 0.05) is 36.1 Å². The predicted molar refractivity (Wildman–Crippen MR) is 142 cm³/mol. The van der Waals surface area contributed by atoms with E-state index in [1.807, 2.05) is 35.8 Å². The maximum atomic E-state index is 13.3. The molecule has 0 saturated heterocycles. The van der Waals surface area contributed by atoms with E-state index < -0.39 is 10.7 Å². The molecule has 36 heavy (non-hydrogen) atoms. The summed E-state index contributed by atoms with van der Waals surface area (Å²) >= 11 is 2.65. The molecule has 190 valence electrons. The summed E-state index contributed by atoms with van der Waals surface area (Å²) in [7, 11) is 0. The lowest BCUT2D eigenvalue weighted by Gasteiger charge is -2.21. The summed E-state index contributed by atoms with van der Waals surface area (Å²) in [4.78, 5) is 27.2. The highest BCUT2D eigenvalue weighted by Gasteiger charge is 2.30. The second-order valence-corrected chi connectivity index (χ2v) is 11.1. The molecule has 0 aliphatic rings. The average Bonchev–Trinajstić information content (AvgIpc) is 3.48. The maximum Gasteiger partial charge on any atom is 0.319 e. The lowest BCUT2D eigenvalue weighted by atomic mass is 10.2. The quantitative estimate of drug-likeness (QED) is 0.263. The van der Waals surface area contributed by atoms with Gasteiger partial charge in [-0.1, -0.05) is 18.7 Å². The minimum Gasteiger partial charge on any atom is -0.480 e. The number of carbonyl (C=O) groups is 1. The monoisotopic (exact) mass is 548 g/mol. The lowest BCUT2D eigenvalue weighted by molar-refractivity contribution is -0.138. The lowest BCUT2D eigenvalue weighted by Crippen LogP contribution is -2.27. The zero-order valence-corrected chi connectivity index (χ0v) is 22.4. The number of carboxylic acid groups (broad SMARTS) is 1. The number of anilines is 1. The van der Waals surface area contributed by atoms with Gasteiger partial charge >= 0.3 is 5.97 Å². The van der Waals surface area contributed by atoms with Crippen LogP contribution in [-0.4, -0.2) is 40.6 Å². The number of hydrogen-bond acceptors (Lipinski definition) is 8. The van der Waals surface area contributed by atoms with Crippen molar-refractivity contribution in [3.63, 3.8) is 0 Å². The molecular weight excluding hydrogens is 523 g/mol. The smallest absolute Gasteiger partial charge is 0.319 e. The number of aromatic nitrogens is 5. The molecule has 0 radical (unpaired) electrons. The summed E-state index contributed by atoms with van der Waals surface area (Å²) in [5, 5.41) is 15.8. The molecule has 4 rings (SSSR count). The highest BCUT2D eigenvalue weighted by molar-refractivity contribution is 8.03. The molecule has 4 aromatic rings. The first-order valence-corrected chi connectivity index (χ1v) is 12.7. The number of aliphatic carboxylic acids is 1. The number of thioether (sulfide) groups is 1. The first-order valence-electron chi connectivity index (χ1n) is 11.0. The van der Waals surface area contributed by atoms with E-state index in [1.165, 1.54) is 35.2 Å². The van der Waals surface area contributed by atoms with E-state index in [2.05, 4.69) is 20.1 Å². The second-order valence-electron chi connectivity index (χ2n) is 8.39. The Balaban J connectivity index is 0.00000361. The molecule has 0 aliphatic carbocycles. The molecule has 12 heteroatoms. The zero-order valence-electron chi connectivity index (χ0n) is 20.0. The highest BCUT2D eigenvalue weighted by Crippen LogP contribution is 2.35. The van der Waals surface area contributed by atoms with Crippen molar-refractivity contribution in [2.75, 3.05) is 4.90 Å². The SMILES string of the molecule is CCc1cnc(N(Cc2cnn(-c3ccc(F)cc3)c2)Cc2csc(SC(C)(C)C(=O)O)n2)nc1.Cl. The van der Waals surface area contributed by atoms with Gasteiger partial charge in [0.2, 0.25) is 5.95 Å². The van der Waals surface area contributed by atoms with Crippen LogP contribution in [0.3, 0.4) is 0 Å². The van der Waals surface area contributed by atoms with Crippen molar-refractivity contribution >= 4 is 47.4 Å². The third-order valence-electron chi connectivity index (χ3n) is 5.22. The number of hydrogen-bond donors (Lipinski definition) is 1. The highest BCUT2D eigenvalue weighted by atomic mass is 35.5. The fourth-order valence-electron chi connectivity index (χ4n) is 3.15. The van der Waals surface area contributed by atoms with Gasteiger partial charge in [-0.3, -0.25) is 4.79 Å². The Kier molecular flexibility index (Phi) is 9.04. The van der Waals surface area contributed by atoms with Gasteiger partial charge in [-0.15, -0.1) is 23.7 Å². The van der Waals surface area contributed by atoms with Crippen LogP contribution in [0.2, 0.25) is 0 Å². The Labute approximate surface area is 223 Å². The second kappa shape index (κ2) is 11.8. The predicted octanol–water partition coefficient (Wildman–Crippen LogP) is 5.40. The fraction of sp³-hybridized carbons (Fsp3) is 0.292. The Hall–Kier alpha value is -3.02. The van der Waals surface area contributed by atoms with Crippen molar-refractivity contribution in [1.29, 1.82) is 0 Å². The Morgan fingerprint density at radius 1 is 1.14 bits per heavy atom. The van der Waals surface area contributed by atoms with Crippen LogP contribution >= 0.6 is 35.5 Å². The van der Waals surface area contributed by atoms with Crippen molar-refractivity contribution in [3.8, 4) is 5.69 Å². The van der Waals surface area contributed by atoms with Crippen molar-refractivity contribution in [2.24, 2.45) is 0 Å². The number of thiazole rings is 1. The normalized spacial score (nSPS) is 11.2. The van der Waals surface area contributed by atoms with Crippen molar-refractivity contribution in [3.05, 3.63) is 77.1 Å². The first kappa shape index (κ1) is 27.6. The molecule has 1 aromatic carbocycles. The van der Waals surface area contributed by atoms with Crippen molar-refractivity contribution in [2.45, 2.75) is 49.4 Å². The molecule has 3 aromatic heterocycles. The minimum atomic E-state index is -0.969.